The molecule has 0 amide bonds. The molecule has 0 bridgehead atoms. The SMILES string of the molecule is Cc1cc(C)c(CNc2cc(C(C)C)nc(C)n2)cn1. The molecule has 0 unspecified atom stereocenters. The van der Waals surface area contributed by atoms with Crippen molar-refractivity contribution in [1.29, 1.82) is 0 Å². The van der Waals surface area contributed by atoms with Gasteiger partial charge in [0.1, 0.15) is 11.6 Å². The first-order valence-corrected chi connectivity index (χ1v) is 6.97. The molecule has 106 valence electrons. The van der Waals surface area contributed by atoms with Crippen molar-refractivity contribution >= 4 is 5.82 Å². The molecule has 1 N–H and O–H groups in total. The molecule has 4 nitrogen and oxygen atoms in total. The summed E-state index contributed by atoms with van der Waals surface area (Å²) in [4.78, 5) is 13.2. The third-order valence-electron chi connectivity index (χ3n) is 3.27. The Labute approximate surface area is 120 Å². The van der Waals surface area contributed by atoms with E-state index in [-0.39, 0.29) is 0 Å². The maximum atomic E-state index is 4.45. The highest BCUT2D eigenvalue weighted by Crippen LogP contribution is 2.16. The molecule has 0 saturated carbocycles. The summed E-state index contributed by atoms with van der Waals surface area (Å²) in [6, 6.07) is 4.12. The first kappa shape index (κ1) is 14.4. The lowest BCUT2D eigenvalue weighted by atomic mass is 10.1. The Morgan fingerprint density at radius 1 is 1.10 bits per heavy atom. The predicted octanol–water partition coefficient (Wildman–Crippen LogP) is 3.53. The Morgan fingerprint density at radius 3 is 2.50 bits per heavy atom. The van der Waals surface area contributed by atoms with E-state index in [1.165, 1.54) is 11.1 Å². The molecular weight excluding hydrogens is 248 g/mol. The average Bonchev–Trinajstić information content (AvgIpc) is 2.37. The molecule has 0 fully saturated rings. The number of aromatic nitrogens is 3. The van der Waals surface area contributed by atoms with Crippen LogP contribution in [0.25, 0.3) is 0 Å². The van der Waals surface area contributed by atoms with Crippen LogP contribution in [0.1, 0.15) is 48.1 Å². The van der Waals surface area contributed by atoms with Gasteiger partial charge in [0.2, 0.25) is 0 Å². The molecule has 0 aromatic carbocycles. The van der Waals surface area contributed by atoms with Gasteiger partial charge in [-0.3, -0.25) is 4.98 Å². The first-order chi connectivity index (χ1) is 9.45. The lowest BCUT2D eigenvalue weighted by Gasteiger charge is -2.11. The number of nitrogens with zero attached hydrogens (tertiary/aromatic N) is 3. The standard InChI is InChI=1S/C16H22N4/c1-10(2)15-7-16(20-13(5)19-15)18-9-14-8-17-12(4)6-11(14)3/h6-8,10H,9H2,1-5H3,(H,18,19,20). The summed E-state index contributed by atoms with van der Waals surface area (Å²) in [5.41, 5.74) is 4.56. The van der Waals surface area contributed by atoms with Gasteiger partial charge in [-0.25, -0.2) is 9.97 Å². The van der Waals surface area contributed by atoms with Gasteiger partial charge in [-0.1, -0.05) is 13.8 Å². The Balaban J connectivity index is 2.14. The summed E-state index contributed by atoms with van der Waals surface area (Å²) in [5.74, 6) is 2.08. The second-order valence-electron chi connectivity index (χ2n) is 5.49. The topological polar surface area (TPSA) is 50.7 Å². The van der Waals surface area contributed by atoms with Crippen LogP contribution in [0.4, 0.5) is 5.82 Å². The highest BCUT2D eigenvalue weighted by molar-refractivity contribution is 5.39. The summed E-state index contributed by atoms with van der Waals surface area (Å²) in [7, 11) is 0. The molecule has 4 heteroatoms. The highest BCUT2D eigenvalue weighted by atomic mass is 15.0. The van der Waals surface area contributed by atoms with Crippen molar-refractivity contribution in [3.8, 4) is 0 Å². The number of rotatable bonds is 4. The average molecular weight is 270 g/mol. The molecule has 2 heterocycles. The van der Waals surface area contributed by atoms with Crippen LogP contribution in [-0.4, -0.2) is 15.0 Å². The second kappa shape index (κ2) is 5.99. The molecule has 20 heavy (non-hydrogen) atoms. The van der Waals surface area contributed by atoms with Crippen LogP contribution in [0.5, 0.6) is 0 Å². The van der Waals surface area contributed by atoms with Crippen LogP contribution < -0.4 is 5.32 Å². The van der Waals surface area contributed by atoms with E-state index in [9.17, 15) is 0 Å². The van der Waals surface area contributed by atoms with Crippen molar-refractivity contribution in [1.82, 2.24) is 15.0 Å². The van der Waals surface area contributed by atoms with Gasteiger partial charge >= 0.3 is 0 Å². The van der Waals surface area contributed by atoms with Crippen molar-refractivity contribution in [2.45, 2.75) is 47.1 Å². The number of aryl methyl sites for hydroxylation is 3. The van der Waals surface area contributed by atoms with Crippen LogP contribution in [-0.2, 0) is 6.54 Å². The van der Waals surface area contributed by atoms with Crippen molar-refractivity contribution < 1.29 is 0 Å². The van der Waals surface area contributed by atoms with E-state index < -0.39 is 0 Å². The summed E-state index contributed by atoms with van der Waals surface area (Å²) in [6.45, 7) is 11.0. The lowest BCUT2D eigenvalue weighted by molar-refractivity contribution is 0.801. The number of nitrogens with one attached hydrogen (secondary N) is 1. The summed E-state index contributed by atoms with van der Waals surface area (Å²) >= 11 is 0. The minimum absolute atomic E-state index is 0.403. The third kappa shape index (κ3) is 3.53. The molecule has 0 atom stereocenters. The van der Waals surface area contributed by atoms with E-state index in [0.717, 1.165) is 29.6 Å². The molecule has 0 spiro atoms. The Morgan fingerprint density at radius 2 is 1.85 bits per heavy atom. The summed E-state index contributed by atoms with van der Waals surface area (Å²) in [5, 5.41) is 3.37. The van der Waals surface area contributed by atoms with Gasteiger partial charge in [0.25, 0.3) is 0 Å². The predicted molar refractivity (Wildman–Crippen MR) is 81.9 cm³/mol. The van der Waals surface area contributed by atoms with Gasteiger partial charge in [0.05, 0.1) is 0 Å². The van der Waals surface area contributed by atoms with E-state index in [2.05, 4.69) is 47.1 Å². The maximum absolute atomic E-state index is 4.45. The van der Waals surface area contributed by atoms with E-state index >= 15 is 0 Å². The first-order valence-electron chi connectivity index (χ1n) is 6.97. The quantitative estimate of drug-likeness (QED) is 0.923. The van der Waals surface area contributed by atoms with Crippen LogP contribution in [0.3, 0.4) is 0 Å². The van der Waals surface area contributed by atoms with Crippen molar-refractivity contribution in [2.24, 2.45) is 0 Å². The zero-order chi connectivity index (χ0) is 14.7. The maximum Gasteiger partial charge on any atom is 0.130 e. The largest absolute Gasteiger partial charge is 0.366 e. The molecule has 2 aromatic rings. The minimum Gasteiger partial charge on any atom is -0.366 e. The number of anilines is 1. The molecule has 2 aromatic heterocycles. The fourth-order valence-electron chi connectivity index (χ4n) is 2.07. The summed E-state index contributed by atoms with van der Waals surface area (Å²) in [6.07, 6.45) is 1.93. The van der Waals surface area contributed by atoms with Gasteiger partial charge in [-0.15, -0.1) is 0 Å². The third-order valence-corrected chi connectivity index (χ3v) is 3.27. The molecule has 0 aliphatic carbocycles. The molecular formula is C16H22N4. The van der Waals surface area contributed by atoms with E-state index in [1.54, 1.807) is 0 Å². The van der Waals surface area contributed by atoms with Gasteiger partial charge in [-0.05, 0) is 43.9 Å². The molecule has 2 rings (SSSR count). The van der Waals surface area contributed by atoms with E-state index in [4.69, 9.17) is 0 Å². The zero-order valence-corrected chi connectivity index (χ0v) is 12.9. The lowest BCUT2D eigenvalue weighted by Crippen LogP contribution is -2.07. The van der Waals surface area contributed by atoms with Gasteiger partial charge < -0.3 is 5.32 Å². The van der Waals surface area contributed by atoms with Crippen LogP contribution in [0.15, 0.2) is 18.3 Å². The number of hydrogen-bond acceptors (Lipinski definition) is 4. The Hall–Kier alpha value is -1.97. The minimum atomic E-state index is 0.403. The van der Waals surface area contributed by atoms with E-state index in [0.29, 0.717) is 5.92 Å². The van der Waals surface area contributed by atoms with Crippen LogP contribution in [0, 0.1) is 20.8 Å². The monoisotopic (exact) mass is 270 g/mol. The molecule has 0 saturated heterocycles. The van der Waals surface area contributed by atoms with Crippen molar-refractivity contribution in [2.75, 3.05) is 5.32 Å². The summed E-state index contributed by atoms with van der Waals surface area (Å²) < 4.78 is 0. The van der Waals surface area contributed by atoms with E-state index in [1.807, 2.05) is 26.1 Å². The van der Waals surface area contributed by atoms with Gasteiger partial charge in [0.15, 0.2) is 0 Å². The van der Waals surface area contributed by atoms with Crippen LogP contribution in [0.2, 0.25) is 0 Å². The highest BCUT2D eigenvalue weighted by Gasteiger charge is 2.06. The Bertz CT molecular complexity index is 605. The molecule has 0 radical (unpaired) electrons. The smallest absolute Gasteiger partial charge is 0.130 e. The fraction of sp³-hybridized carbons (Fsp3) is 0.438. The zero-order valence-electron chi connectivity index (χ0n) is 12.9. The van der Waals surface area contributed by atoms with Gasteiger partial charge in [-0.2, -0.15) is 0 Å². The Kier molecular flexibility index (Phi) is 4.32. The second-order valence-corrected chi connectivity index (χ2v) is 5.49. The van der Waals surface area contributed by atoms with Crippen LogP contribution >= 0.6 is 0 Å². The van der Waals surface area contributed by atoms with Crippen molar-refractivity contribution in [3.63, 3.8) is 0 Å². The molecule has 0 aliphatic rings. The fourth-order valence-corrected chi connectivity index (χ4v) is 2.07. The number of pyridine rings is 1. The molecule has 0 aliphatic heterocycles. The van der Waals surface area contributed by atoms with Gasteiger partial charge in [0, 0.05) is 30.2 Å². The normalized spacial score (nSPS) is 10.9. The number of hydrogen-bond donors (Lipinski definition) is 1. The van der Waals surface area contributed by atoms with Crippen molar-refractivity contribution in [3.05, 3.63) is 46.7 Å².